The number of methoxy groups -OCH3 is 1. The van der Waals surface area contributed by atoms with Gasteiger partial charge in [-0.3, -0.25) is 4.79 Å². The van der Waals surface area contributed by atoms with E-state index in [9.17, 15) is 9.90 Å². The summed E-state index contributed by atoms with van der Waals surface area (Å²) in [6.45, 7) is 0. The number of carbonyl (C=O) groups is 1. The molecule has 4 heteroatoms. The van der Waals surface area contributed by atoms with E-state index in [1.54, 1.807) is 24.3 Å². The lowest BCUT2D eigenvalue weighted by Gasteiger charge is -1.98. The molecule has 0 atom stereocenters. The van der Waals surface area contributed by atoms with Crippen LogP contribution in [0, 0.1) is 0 Å². The van der Waals surface area contributed by atoms with Crippen molar-refractivity contribution in [3.8, 4) is 5.75 Å². The zero-order valence-electron chi connectivity index (χ0n) is 8.24. The largest absolute Gasteiger partial charge is 0.506 e. The van der Waals surface area contributed by atoms with Crippen molar-refractivity contribution in [3.63, 3.8) is 0 Å². The number of hydrogen-bond donors (Lipinski definition) is 1. The quantitative estimate of drug-likeness (QED) is 0.806. The van der Waals surface area contributed by atoms with Gasteiger partial charge >= 0.3 is 5.97 Å². The Bertz CT molecular complexity index is 385. The van der Waals surface area contributed by atoms with Crippen LogP contribution in [0.2, 0.25) is 5.02 Å². The van der Waals surface area contributed by atoms with E-state index >= 15 is 0 Å². The smallest absolute Gasteiger partial charge is 0.309 e. The van der Waals surface area contributed by atoms with Gasteiger partial charge in [0.1, 0.15) is 5.75 Å². The highest BCUT2D eigenvalue weighted by atomic mass is 35.5. The zero-order chi connectivity index (χ0) is 11.3. The van der Waals surface area contributed by atoms with Crippen LogP contribution in [0.5, 0.6) is 5.75 Å². The molecule has 0 radical (unpaired) electrons. The first kappa shape index (κ1) is 11.6. The Balaban J connectivity index is 2.65. The van der Waals surface area contributed by atoms with Crippen LogP contribution in [-0.2, 0) is 9.53 Å². The maximum Gasteiger partial charge on any atom is 0.309 e. The third-order valence-corrected chi connectivity index (χ3v) is 2.11. The number of esters is 1. The first-order valence-corrected chi connectivity index (χ1v) is 4.73. The molecule has 0 fully saturated rings. The molecule has 0 saturated heterocycles. The minimum absolute atomic E-state index is 0.0249. The predicted molar refractivity (Wildman–Crippen MR) is 58.8 cm³/mol. The summed E-state index contributed by atoms with van der Waals surface area (Å²) in [5.74, 6) is -0.277. The molecule has 1 N–H and O–H groups in total. The summed E-state index contributed by atoms with van der Waals surface area (Å²) in [5.41, 5.74) is 0.779. The van der Waals surface area contributed by atoms with Gasteiger partial charge in [0.15, 0.2) is 0 Å². The molecular formula is C11H11ClO3. The Hall–Kier alpha value is -1.48. The summed E-state index contributed by atoms with van der Waals surface area (Å²) >= 11 is 5.64. The van der Waals surface area contributed by atoms with E-state index in [2.05, 4.69) is 4.74 Å². The molecule has 0 aliphatic heterocycles. The molecule has 15 heavy (non-hydrogen) atoms. The molecule has 0 heterocycles. The number of carbonyl (C=O) groups excluding carboxylic acids is 1. The second-order valence-corrected chi connectivity index (χ2v) is 3.30. The number of aromatic hydroxyl groups is 1. The van der Waals surface area contributed by atoms with Crippen molar-refractivity contribution in [2.75, 3.05) is 7.11 Å². The van der Waals surface area contributed by atoms with Crippen molar-refractivity contribution < 1.29 is 14.6 Å². The van der Waals surface area contributed by atoms with E-state index in [1.807, 2.05) is 0 Å². The summed E-state index contributed by atoms with van der Waals surface area (Å²) in [7, 11) is 1.34. The Morgan fingerprint density at radius 1 is 1.60 bits per heavy atom. The maximum absolute atomic E-state index is 10.8. The molecule has 1 aromatic rings. The van der Waals surface area contributed by atoms with Crippen LogP contribution in [0.3, 0.4) is 0 Å². The fourth-order valence-electron chi connectivity index (χ4n) is 1.01. The number of phenols is 1. The monoisotopic (exact) mass is 226 g/mol. The van der Waals surface area contributed by atoms with E-state index in [4.69, 9.17) is 11.6 Å². The van der Waals surface area contributed by atoms with Crippen LogP contribution < -0.4 is 0 Å². The Morgan fingerprint density at radius 2 is 2.33 bits per heavy atom. The van der Waals surface area contributed by atoms with Gasteiger partial charge in [-0.1, -0.05) is 29.8 Å². The molecule has 0 amide bonds. The van der Waals surface area contributed by atoms with Crippen molar-refractivity contribution in [1.29, 1.82) is 0 Å². The maximum atomic E-state index is 10.8. The number of hydrogen-bond acceptors (Lipinski definition) is 3. The Kier molecular flexibility index (Phi) is 4.18. The molecule has 80 valence electrons. The number of benzene rings is 1. The van der Waals surface area contributed by atoms with Crippen LogP contribution in [0.1, 0.15) is 12.0 Å². The van der Waals surface area contributed by atoms with Crippen molar-refractivity contribution in [3.05, 3.63) is 34.9 Å². The van der Waals surface area contributed by atoms with E-state index in [-0.39, 0.29) is 18.1 Å². The van der Waals surface area contributed by atoms with Gasteiger partial charge in [0, 0.05) is 0 Å². The molecule has 3 nitrogen and oxygen atoms in total. The predicted octanol–water partition coefficient (Wildman–Crippen LogP) is 2.62. The molecule has 0 aromatic heterocycles. The number of ether oxygens (including phenoxy) is 1. The summed E-state index contributed by atoms with van der Waals surface area (Å²) in [5, 5.41) is 9.60. The lowest BCUT2D eigenvalue weighted by atomic mass is 10.2. The fourth-order valence-corrected chi connectivity index (χ4v) is 1.13. The van der Waals surface area contributed by atoms with Gasteiger partial charge in [0.25, 0.3) is 0 Å². The van der Waals surface area contributed by atoms with Crippen molar-refractivity contribution in [2.45, 2.75) is 6.42 Å². The van der Waals surface area contributed by atoms with Crippen LogP contribution in [0.25, 0.3) is 6.08 Å². The first-order chi connectivity index (χ1) is 7.13. The minimum Gasteiger partial charge on any atom is -0.506 e. The van der Waals surface area contributed by atoms with Crippen molar-refractivity contribution >= 4 is 23.6 Å². The second kappa shape index (κ2) is 5.41. The van der Waals surface area contributed by atoms with Gasteiger partial charge in [-0.2, -0.15) is 0 Å². The van der Waals surface area contributed by atoms with Gasteiger partial charge in [-0.15, -0.1) is 0 Å². The average Bonchev–Trinajstić information content (AvgIpc) is 2.23. The Labute approximate surface area is 92.9 Å². The van der Waals surface area contributed by atoms with E-state index in [0.717, 1.165) is 5.56 Å². The SMILES string of the molecule is COC(=O)CC=Cc1ccc(Cl)c(O)c1. The van der Waals surface area contributed by atoms with Gasteiger partial charge in [-0.25, -0.2) is 0 Å². The van der Waals surface area contributed by atoms with E-state index in [0.29, 0.717) is 5.02 Å². The van der Waals surface area contributed by atoms with Gasteiger partial charge in [0.2, 0.25) is 0 Å². The van der Waals surface area contributed by atoms with Crippen LogP contribution in [0.15, 0.2) is 24.3 Å². The topological polar surface area (TPSA) is 46.5 Å². The number of halogens is 1. The number of rotatable bonds is 3. The molecule has 0 bridgehead atoms. The highest BCUT2D eigenvalue weighted by molar-refractivity contribution is 6.32. The van der Waals surface area contributed by atoms with Crippen molar-refractivity contribution in [2.24, 2.45) is 0 Å². The number of phenolic OH excluding ortho intramolecular Hbond substituents is 1. The fraction of sp³-hybridized carbons (Fsp3) is 0.182. The summed E-state index contributed by atoms with van der Waals surface area (Å²) in [4.78, 5) is 10.8. The normalized spacial score (nSPS) is 10.5. The highest BCUT2D eigenvalue weighted by Crippen LogP contribution is 2.24. The molecule has 1 rings (SSSR count). The molecule has 0 aliphatic carbocycles. The summed E-state index contributed by atoms with van der Waals surface area (Å²) < 4.78 is 4.47. The molecular weight excluding hydrogens is 216 g/mol. The first-order valence-electron chi connectivity index (χ1n) is 4.35. The van der Waals surface area contributed by atoms with Gasteiger partial charge in [-0.05, 0) is 17.7 Å². The van der Waals surface area contributed by atoms with Crippen LogP contribution in [0.4, 0.5) is 0 Å². The standard InChI is InChI=1S/C11H11ClO3/c1-15-11(14)4-2-3-8-5-6-9(12)10(13)7-8/h2-3,5-7,13H,4H2,1H3. The van der Waals surface area contributed by atoms with Crippen LogP contribution >= 0.6 is 11.6 Å². The average molecular weight is 227 g/mol. The molecule has 0 unspecified atom stereocenters. The zero-order valence-corrected chi connectivity index (χ0v) is 8.99. The summed E-state index contributed by atoms with van der Waals surface area (Å²) in [6.07, 6.45) is 3.58. The summed E-state index contributed by atoms with van der Waals surface area (Å²) in [6, 6.07) is 4.86. The highest BCUT2D eigenvalue weighted by Gasteiger charge is 1.98. The molecule has 0 aliphatic rings. The minimum atomic E-state index is -0.301. The van der Waals surface area contributed by atoms with E-state index < -0.39 is 0 Å². The molecule has 1 aromatic carbocycles. The Morgan fingerprint density at radius 3 is 2.93 bits per heavy atom. The molecule has 0 spiro atoms. The van der Waals surface area contributed by atoms with Crippen LogP contribution in [-0.4, -0.2) is 18.2 Å². The molecule has 0 saturated carbocycles. The lowest BCUT2D eigenvalue weighted by molar-refractivity contribution is -0.139. The van der Waals surface area contributed by atoms with Crippen molar-refractivity contribution in [1.82, 2.24) is 0 Å². The van der Waals surface area contributed by atoms with Gasteiger partial charge in [0.05, 0.1) is 18.6 Å². The lowest BCUT2D eigenvalue weighted by Crippen LogP contribution is -1.96. The van der Waals surface area contributed by atoms with E-state index in [1.165, 1.54) is 13.2 Å². The third kappa shape index (κ3) is 3.64. The third-order valence-electron chi connectivity index (χ3n) is 1.79. The second-order valence-electron chi connectivity index (χ2n) is 2.89. The van der Waals surface area contributed by atoms with Gasteiger partial charge < -0.3 is 9.84 Å².